The van der Waals surface area contributed by atoms with Gasteiger partial charge in [-0.1, -0.05) is 27.7 Å². The maximum absolute atomic E-state index is 4.57. The van der Waals surface area contributed by atoms with Crippen molar-refractivity contribution >= 4 is 11.8 Å². The molecule has 0 spiro atoms. The van der Waals surface area contributed by atoms with Crippen molar-refractivity contribution < 1.29 is 0 Å². The smallest absolute Gasteiger partial charge is 0.224 e. The molecule has 0 aliphatic heterocycles. The van der Waals surface area contributed by atoms with Crippen LogP contribution in [-0.2, 0) is 0 Å². The number of nitrogens with zero attached hydrogens (tertiary/aromatic N) is 3. The van der Waals surface area contributed by atoms with E-state index in [0.717, 1.165) is 25.5 Å². The van der Waals surface area contributed by atoms with Crippen LogP contribution in [0.15, 0.2) is 12.3 Å². The molecule has 4 heteroatoms. The van der Waals surface area contributed by atoms with Gasteiger partial charge in [0, 0.05) is 25.8 Å². The van der Waals surface area contributed by atoms with Crippen molar-refractivity contribution in [1.82, 2.24) is 9.97 Å². The highest BCUT2D eigenvalue weighted by molar-refractivity contribution is 5.42. The Bertz CT molecular complexity index is 339. The second-order valence-corrected chi connectivity index (χ2v) is 5.46. The fraction of sp³-hybridized carbons (Fsp3) is 0.714. The first-order valence-corrected chi connectivity index (χ1v) is 6.84. The quantitative estimate of drug-likeness (QED) is 0.807. The summed E-state index contributed by atoms with van der Waals surface area (Å²) in [4.78, 5) is 11.1. The predicted molar refractivity (Wildman–Crippen MR) is 78.1 cm³/mol. The van der Waals surface area contributed by atoms with Crippen molar-refractivity contribution in [3.63, 3.8) is 0 Å². The first kappa shape index (κ1) is 14.7. The SMILES string of the molecule is CCNc1nccc(N(CC(C)C)CC(C)C)n1. The van der Waals surface area contributed by atoms with Crippen LogP contribution in [-0.4, -0.2) is 29.6 Å². The molecule has 1 rings (SSSR count). The number of hydrogen-bond acceptors (Lipinski definition) is 4. The van der Waals surface area contributed by atoms with Crippen molar-refractivity contribution in [3.05, 3.63) is 12.3 Å². The van der Waals surface area contributed by atoms with E-state index in [4.69, 9.17) is 0 Å². The fourth-order valence-corrected chi connectivity index (χ4v) is 1.91. The Kier molecular flexibility index (Phi) is 5.89. The molecule has 0 aliphatic rings. The van der Waals surface area contributed by atoms with E-state index in [1.807, 2.05) is 12.3 Å². The third kappa shape index (κ3) is 4.90. The van der Waals surface area contributed by atoms with Gasteiger partial charge >= 0.3 is 0 Å². The molecule has 0 radical (unpaired) electrons. The average Bonchev–Trinajstić information content (AvgIpc) is 2.28. The third-order valence-corrected chi connectivity index (χ3v) is 2.47. The lowest BCUT2D eigenvalue weighted by Gasteiger charge is -2.27. The highest BCUT2D eigenvalue weighted by atomic mass is 15.2. The van der Waals surface area contributed by atoms with Gasteiger partial charge in [-0.05, 0) is 24.8 Å². The Morgan fingerprint density at radius 1 is 1.17 bits per heavy atom. The van der Waals surface area contributed by atoms with E-state index >= 15 is 0 Å². The molecule has 0 saturated heterocycles. The predicted octanol–water partition coefficient (Wildman–Crippen LogP) is 3.03. The van der Waals surface area contributed by atoms with E-state index in [-0.39, 0.29) is 0 Å². The lowest BCUT2D eigenvalue weighted by molar-refractivity contribution is 0.548. The van der Waals surface area contributed by atoms with Crippen LogP contribution in [0, 0.1) is 11.8 Å². The molecule has 0 atom stereocenters. The molecule has 0 saturated carbocycles. The molecule has 102 valence electrons. The maximum Gasteiger partial charge on any atom is 0.224 e. The van der Waals surface area contributed by atoms with Crippen LogP contribution in [0.1, 0.15) is 34.6 Å². The molecular formula is C14H26N4. The summed E-state index contributed by atoms with van der Waals surface area (Å²) in [6.07, 6.45) is 1.83. The zero-order chi connectivity index (χ0) is 13.5. The Hall–Kier alpha value is -1.32. The Labute approximate surface area is 111 Å². The van der Waals surface area contributed by atoms with E-state index in [1.54, 1.807) is 0 Å². The van der Waals surface area contributed by atoms with E-state index in [0.29, 0.717) is 17.8 Å². The largest absolute Gasteiger partial charge is 0.356 e. The molecule has 1 heterocycles. The van der Waals surface area contributed by atoms with Crippen molar-refractivity contribution in [2.45, 2.75) is 34.6 Å². The second kappa shape index (κ2) is 7.19. The standard InChI is InChI=1S/C14H26N4/c1-6-15-14-16-8-7-13(17-14)18(9-11(2)3)10-12(4)5/h7-8,11-12H,6,9-10H2,1-5H3,(H,15,16,17). The topological polar surface area (TPSA) is 41.1 Å². The van der Waals surface area contributed by atoms with Crippen LogP contribution in [0.3, 0.4) is 0 Å². The summed E-state index contributed by atoms with van der Waals surface area (Å²) < 4.78 is 0. The van der Waals surface area contributed by atoms with Crippen LogP contribution in [0.2, 0.25) is 0 Å². The zero-order valence-corrected chi connectivity index (χ0v) is 12.3. The van der Waals surface area contributed by atoms with Gasteiger partial charge in [0.15, 0.2) is 0 Å². The van der Waals surface area contributed by atoms with Gasteiger partial charge in [0.1, 0.15) is 5.82 Å². The Balaban J connectivity index is 2.85. The summed E-state index contributed by atoms with van der Waals surface area (Å²) in [5.74, 6) is 2.98. The van der Waals surface area contributed by atoms with Gasteiger partial charge in [-0.15, -0.1) is 0 Å². The molecular weight excluding hydrogens is 224 g/mol. The summed E-state index contributed by atoms with van der Waals surface area (Å²) in [5.41, 5.74) is 0. The zero-order valence-electron chi connectivity index (χ0n) is 12.3. The van der Waals surface area contributed by atoms with Gasteiger partial charge in [0.2, 0.25) is 5.95 Å². The number of rotatable bonds is 7. The highest BCUT2D eigenvalue weighted by Gasteiger charge is 2.12. The van der Waals surface area contributed by atoms with Gasteiger partial charge in [0.25, 0.3) is 0 Å². The fourth-order valence-electron chi connectivity index (χ4n) is 1.91. The van der Waals surface area contributed by atoms with E-state index in [1.165, 1.54) is 0 Å². The first-order chi connectivity index (χ1) is 8.52. The van der Waals surface area contributed by atoms with Gasteiger partial charge in [0.05, 0.1) is 0 Å². The van der Waals surface area contributed by atoms with Gasteiger partial charge in [-0.3, -0.25) is 0 Å². The van der Waals surface area contributed by atoms with E-state index < -0.39 is 0 Å². The summed E-state index contributed by atoms with van der Waals surface area (Å²) in [6, 6.07) is 1.99. The highest BCUT2D eigenvalue weighted by Crippen LogP contribution is 2.15. The van der Waals surface area contributed by atoms with Crippen LogP contribution >= 0.6 is 0 Å². The van der Waals surface area contributed by atoms with E-state index in [2.05, 4.69) is 54.8 Å². The minimum Gasteiger partial charge on any atom is -0.356 e. The molecule has 0 bridgehead atoms. The normalized spacial score (nSPS) is 11.1. The minimum atomic E-state index is 0.626. The van der Waals surface area contributed by atoms with Gasteiger partial charge < -0.3 is 10.2 Å². The Morgan fingerprint density at radius 2 is 1.78 bits per heavy atom. The van der Waals surface area contributed by atoms with Gasteiger partial charge in [-0.2, -0.15) is 4.98 Å². The molecule has 18 heavy (non-hydrogen) atoms. The lowest BCUT2D eigenvalue weighted by Crippen LogP contribution is -2.32. The molecule has 1 aromatic rings. The molecule has 0 fully saturated rings. The van der Waals surface area contributed by atoms with Crippen LogP contribution in [0.25, 0.3) is 0 Å². The van der Waals surface area contributed by atoms with Crippen LogP contribution < -0.4 is 10.2 Å². The van der Waals surface area contributed by atoms with Crippen LogP contribution in [0.5, 0.6) is 0 Å². The number of hydrogen-bond donors (Lipinski definition) is 1. The molecule has 0 unspecified atom stereocenters. The maximum atomic E-state index is 4.57. The van der Waals surface area contributed by atoms with Crippen LogP contribution in [0.4, 0.5) is 11.8 Å². The molecule has 0 aliphatic carbocycles. The van der Waals surface area contributed by atoms with Crippen molar-refractivity contribution in [2.24, 2.45) is 11.8 Å². The third-order valence-electron chi connectivity index (χ3n) is 2.47. The molecule has 0 aromatic carbocycles. The summed E-state index contributed by atoms with van der Waals surface area (Å²) in [6.45, 7) is 13.9. The molecule has 4 nitrogen and oxygen atoms in total. The monoisotopic (exact) mass is 250 g/mol. The molecule has 1 N–H and O–H groups in total. The number of anilines is 2. The average molecular weight is 250 g/mol. The minimum absolute atomic E-state index is 0.626. The number of nitrogens with one attached hydrogen (secondary N) is 1. The first-order valence-electron chi connectivity index (χ1n) is 6.84. The van der Waals surface area contributed by atoms with Crippen molar-refractivity contribution in [2.75, 3.05) is 29.9 Å². The van der Waals surface area contributed by atoms with Crippen molar-refractivity contribution in [3.8, 4) is 0 Å². The Morgan fingerprint density at radius 3 is 2.28 bits per heavy atom. The lowest BCUT2D eigenvalue weighted by atomic mass is 10.1. The van der Waals surface area contributed by atoms with Gasteiger partial charge in [-0.25, -0.2) is 4.98 Å². The number of aromatic nitrogens is 2. The van der Waals surface area contributed by atoms with Crippen molar-refractivity contribution in [1.29, 1.82) is 0 Å². The molecule has 1 aromatic heterocycles. The second-order valence-electron chi connectivity index (χ2n) is 5.46. The van der Waals surface area contributed by atoms with E-state index in [9.17, 15) is 0 Å². The summed E-state index contributed by atoms with van der Waals surface area (Å²) in [5, 5.41) is 3.16. The molecule has 0 amide bonds. The summed E-state index contributed by atoms with van der Waals surface area (Å²) >= 11 is 0. The summed E-state index contributed by atoms with van der Waals surface area (Å²) in [7, 11) is 0.